The average molecular weight is 360 g/mol. The van der Waals surface area contributed by atoms with Gasteiger partial charge in [0, 0.05) is 32.2 Å². The van der Waals surface area contributed by atoms with Crippen molar-refractivity contribution in [2.24, 2.45) is 11.1 Å². The molecular formula is C16H26ClN3O2S. The van der Waals surface area contributed by atoms with Gasteiger partial charge < -0.3 is 5.73 Å². The van der Waals surface area contributed by atoms with Crippen molar-refractivity contribution in [3.8, 4) is 0 Å². The third-order valence-corrected chi connectivity index (χ3v) is 6.95. The monoisotopic (exact) mass is 359 g/mol. The second kappa shape index (κ2) is 6.69. The summed E-state index contributed by atoms with van der Waals surface area (Å²) >= 11 is 0. The Kier molecular flexibility index (Phi) is 5.43. The first-order valence-corrected chi connectivity index (χ1v) is 9.28. The average Bonchev–Trinajstić information content (AvgIpc) is 2.49. The van der Waals surface area contributed by atoms with Gasteiger partial charge in [0.15, 0.2) is 0 Å². The molecule has 1 aromatic rings. The van der Waals surface area contributed by atoms with Crippen LogP contribution in [0, 0.1) is 5.41 Å². The second-order valence-electron chi connectivity index (χ2n) is 7.08. The molecule has 1 fully saturated rings. The maximum absolute atomic E-state index is 13.0. The highest BCUT2D eigenvalue weighted by Crippen LogP contribution is 2.31. The molecule has 3 rings (SSSR count). The van der Waals surface area contributed by atoms with Gasteiger partial charge in [-0.2, -0.15) is 17.0 Å². The molecule has 0 aromatic heterocycles. The predicted molar refractivity (Wildman–Crippen MR) is 94.7 cm³/mol. The van der Waals surface area contributed by atoms with Gasteiger partial charge in [-0.25, -0.2) is 0 Å². The molecule has 1 unspecified atom stereocenters. The minimum absolute atomic E-state index is 0. The van der Waals surface area contributed by atoms with Crippen molar-refractivity contribution < 1.29 is 8.42 Å². The Bertz CT molecular complexity index is 663. The number of halogens is 1. The van der Waals surface area contributed by atoms with Gasteiger partial charge in [-0.05, 0) is 29.4 Å². The summed E-state index contributed by atoms with van der Waals surface area (Å²) in [6, 6.07) is 8.14. The topological polar surface area (TPSA) is 66.6 Å². The standard InChI is InChI=1S/C16H25N3O2S.ClH/c1-16(2)12-19(10-8-15(16)17)22(20,21)18-9-7-13-5-3-4-6-14(13)11-18;/h3-6,15H,7-12,17H2,1-2H3;1H. The molecule has 1 aromatic carbocycles. The molecule has 7 heteroatoms. The molecule has 2 N–H and O–H groups in total. The van der Waals surface area contributed by atoms with Gasteiger partial charge in [0.05, 0.1) is 0 Å². The highest BCUT2D eigenvalue weighted by Gasteiger charge is 2.41. The lowest BCUT2D eigenvalue weighted by Gasteiger charge is -2.43. The molecule has 0 bridgehead atoms. The molecule has 0 spiro atoms. The normalized spacial score (nSPS) is 25.4. The van der Waals surface area contributed by atoms with Crippen LogP contribution in [0.3, 0.4) is 0 Å². The molecule has 0 saturated carbocycles. The third-order valence-electron chi connectivity index (χ3n) is 5.03. The molecule has 1 atom stereocenters. The zero-order valence-electron chi connectivity index (χ0n) is 13.7. The Labute approximate surface area is 145 Å². The minimum atomic E-state index is -3.41. The molecule has 2 aliphatic heterocycles. The van der Waals surface area contributed by atoms with Crippen LogP contribution in [0.15, 0.2) is 24.3 Å². The quantitative estimate of drug-likeness (QED) is 0.875. The zero-order valence-corrected chi connectivity index (χ0v) is 15.4. The molecule has 5 nitrogen and oxygen atoms in total. The van der Waals surface area contributed by atoms with Crippen molar-refractivity contribution in [1.82, 2.24) is 8.61 Å². The SMILES string of the molecule is CC1(C)CN(S(=O)(=O)N2CCc3ccccc3C2)CCC1N.Cl. The van der Waals surface area contributed by atoms with Crippen LogP contribution in [0.2, 0.25) is 0 Å². The fourth-order valence-corrected chi connectivity index (χ4v) is 5.13. The van der Waals surface area contributed by atoms with Gasteiger partial charge in [0.25, 0.3) is 10.2 Å². The van der Waals surface area contributed by atoms with Crippen LogP contribution in [0.25, 0.3) is 0 Å². The van der Waals surface area contributed by atoms with Gasteiger partial charge >= 0.3 is 0 Å². The van der Waals surface area contributed by atoms with Gasteiger partial charge in [-0.15, -0.1) is 12.4 Å². The maximum Gasteiger partial charge on any atom is 0.282 e. The van der Waals surface area contributed by atoms with Crippen molar-refractivity contribution in [2.75, 3.05) is 19.6 Å². The molecular weight excluding hydrogens is 334 g/mol. The van der Waals surface area contributed by atoms with Gasteiger partial charge in [0.1, 0.15) is 0 Å². The van der Waals surface area contributed by atoms with E-state index in [4.69, 9.17) is 5.73 Å². The van der Waals surface area contributed by atoms with E-state index < -0.39 is 10.2 Å². The Balaban J connectivity index is 0.00000192. The smallest absolute Gasteiger partial charge is 0.282 e. The molecule has 23 heavy (non-hydrogen) atoms. The molecule has 2 heterocycles. The summed E-state index contributed by atoms with van der Waals surface area (Å²) in [6.45, 7) is 6.14. The first kappa shape index (κ1) is 18.7. The van der Waals surface area contributed by atoms with E-state index in [2.05, 4.69) is 6.07 Å². The Morgan fingerprint density at radius 3 is 2.43 bits per heavy atom. The van der Waals surface area contributed by atoms with Crippen LogP contribution in [0.1, 0.15) is 31.4 Å². The lowest BCUT2D eigenvalue weighted by atomic mass is 9.81. The molecule has 130 valence electrons. The van der Waals surface area contributed by atoms with Crippen LogP contribution in [-0.2, 0) is 23.2 Å². The van der Waals surface area contributed by atoms with E-state index in [-0.39, 0.29) is 23.9 Å². The van der Waals surface area contributed by atoms with Crippen LogP contribution in [0.4, 0.5) is 0 Å². The number of nitrogens with zero attached hydrogens (tertiary/aromatic N) is 2. The third kappa shape index (κ3) is 3.56. The lowest BCUT2D eigenvalue weighted by molar-refractivity contribution is 0.147. The number of piperidine rings is 1. The van der Waals surface area contributed by atoms with Crippen molar-refractivity contribution in [2.45, 2.75) is 39.3 Å². The highest BCUT2D eigenvalue weighted by atomic mass is 35.5. The van der Waals surface area contributed by atoms with E-state index in [1.807, 2.05) is 32.0 Å². The van der Waals surface area contributed by atoms with Gasteiger partial charge in [-0.1, -0.05) is 38.1 Å². The van der Waals surface area contributed by atoms with E-state index >= 15 is 0 Å². The summed E-state index contributed by atoms with van der Waals surface area (Å²) in [6.07, 6.45) is 1.50. The Morgan fingerprint density at radius 2 is 1.78 bits per heavy atom. The number of fused-ring (bicyclic) bond motifs is 1. The van der Waals surface area contributed by atoms with Crippen LogP contribution >= 0.6 is 12.4 Å². The summed E-state index contributed by atoms with van der Waals surface area (Å²) in [7, 11) is -3.41. The van der Waals surface area contributed by atoms with E-state index in [1.165, 1.54) is 5.56 Å². The molecule has 0 amide bonds. The predicted octanol–water partition coefficient (Wildman–Crippen LogP) is 1.77. The molecule has 1 saturated heterocycles. The zero-order chi connectivity index (χ0) is 16.0. The van der Waals surface area contributed by atoms with Crippen molar-refractivity contribution in [1.29, 1.82) is 0 Å². The fraction of sp³-hybridized carbons (Fsp3) is 0.625. The first-order chi connectivity index (χ1) is 10.3. The fourth-order valence-electron chi connectivity index (χ4n) is 3.35. The maximum atomic E-state index is 13.0. The Hall–Kier alpha value is -0.660. The van der Waals surface area contributed by atoms with Crippen LogP contribution < -0.4 is 5.73 Å². The summed E-state index contributed by atoms with van der Waals surface area (Å²) in [5.74, 6) is 0. The van der Waals surface area contributed by atoms with E-state index in [1.54, 1.807) is 8.61 Å². The van der Waals surface area contributed by atoms with Crippen LogP contribution in [0.5, 0.6) is 0 Å². The summed E-state index contributed by atoms with van der Waals surface area (Å²) in [4.78, 5) is 0. The first-order valence-electron chi connectivity index (χ1n) is 7.88. The number of hydrogen-bond acceptors (Lipinski definition) is 3. The van der Waals surface area contributed by atoms with Crippen molar-refractivity contribution >= 4 is 22.6 Å². The van der Waals surface area contributed by atoms with E-state index in [0.29, 0.717) is 26.2 Å². The van der Waals surface area contributed by atoms with E-state index in [9.17, 15) is 8.42 Å². The number of hydrogen-bond donors (Lipinski definition) is 1. The molecule has 0 aliphatic carbocycles. The van der Waals surface area contributed by atoms with Gasteiger partial charge in [0.2, 0.25) is 0 Å². The van der Waals surface area contributed by atoms with E-state index in [0.717, 1.165) is 18.4 Å². The largest absolute Gasteiger partial charge is 0.327 e. The van der Waals surface area contributed by atoms with Crippen molar-refractivity contribution in [3.63, 3.8) is 0 Å². The van der Waals surface area contributed by atoms with Crippen molar-refractivity contribution in [3.05, 3.63) is 35.4 Å². The summed E-state index contributed by atoms with van der Waals surface area (Å²) < 4.78 is 29.1. The number of benzene rings is 1. The lowest BCUT2D eigenvalue weighted by Crippen LogP contribution is -2.57. The molecule has 2 aliphatic rings. The number of nitrogens with two attached hydrogens (primary N) is 1. The Morgan fingerprint density at radius 1 is 1.13 bits per heavy atom. The molecule has 0 radical (unpaired) electrons. The summed E-state index contributed by atoms with van der Waals surface area (Å²) in [5.41, 5.74) is 8.32. The minimum Gasteiger partial charge on any atom is -0.327 e. The van der Waals surface area contributed by atoms with Crippen LogP contribution in [-0.4, -0.2) is 42.7 Å². The van der Waals surface area contributed by atoms with Gasteiger partial charge in [-0.3, -0.25) is 0 Å². The second-order valence-corrected chi connectivity index (χ2v) is 9.01. The number of rotatable bonds is 2. The highest BCUT2D eigenvalue weighted by molar-refractivity contribution is 7.86. The summed E-state index contributed by atoms with van der Waals surface area (Å²) in [5, 5.41) is 0.